The molecule has 1 aliphatic carbocycles. The maximum atomic E-state index is 11.7. The lowest BCUT2D eigenvalue weighted by atomic mass is 10.0. The number of rotatable bonds is 4. The third kappa shape index (κ3) is 3.08. The first-order chi connectivity index (χ1) is 8.16. The van der Waals surface area contributed by atoms with Gasteiger partial charge in [-0.25, -0.2) is 4.98 Å². The van der Waals surface area contributed by atoms with Crippen LogP contribution < -0.4 is 5.32 Å². The highest BCUT2D eigenvalue weighted by Gasteiger charge is 2.16. The Kier molecular flexibility index (Phi) is 3.82. The van der Waals surface area contributed by atoms with Crippen molar-refractivity contribution in [2.45, 2.75) is 46.1 Å². The summed E-state index contributed by atoms with van der Waals surface area (Å²) in [6.07, 6.45) is 6.38. The second-order valence-electron chi connectivity index (χ2n) is 5.17. The number of nitrogens with one attached hydrogen (secondary N) is 1. The maximum Gasteiger partial charge on any atom is 0.239 e. The molecule has 0 aliphatic heterocycles. The van der Waals surface area contributed by atoms with Crippen molar-refractivity contribution in [1.29, 1.82) is 0 Å². The number of hydrogen-bond donors (Lipinski definition) is 1. The van der Waals surface area contributed by atoms with Crippen LogP contribution in [0, 0.1) is 5.92 Å². The standard InChI is InChI=1S/C13H21N3O/c1-10(2)7-14-13(17)8-16-9-15-11-5-3-4-6-12(11)16/h9-10H,3-8H2,1-2H3,(H,14,17). The molecular formula is C13H21N3O. The SMILES string of the molecule is CC(C)CNC(=O)Cn1cnc2c1CCCC2. The highest BCUT2D eigenvalue weighted by molar-refractivity contribution is 5.75. The fourth-order valence-corrected chi connectivity index (χ4v) is 2.20. The largest absolute Gasteiger partial charge is 0.354 e. The number of carbonyl (C=O) groups is 1. The summed E-state index contributed by atoms with van der Waals surface area (Å²) in [4.78, 5) is 16.1. The van der Waals surface area contributed by atoms with Crippen LogP contribution in [0.1, 0.15) is 38.1 Å². The molecule has 4 nitrogen and oxygen atoms in total. The summed E-state index contributed by atoms with van der Waals surface area (Å²) in [5.41, 5.74) is 2.45. The van der Waals surface area contributed by atoms with Crippen LogP contribution in [-0.4, -0.2) is 22.0 Å². The smallest absolute Gasteiger partial charge is 0.239 e. The minimum absolute atomic E-state index is 0.0875. The van der Waals surface area contributed by atoms with Gasteiger partial charge >= 0.3 is 0 Å². The predicted octanol–water partition coefficient (Wildman–Crippen LogP) is 1.53. The highest BCUT2D eigenvalue weighted by Crippen LogP contribution is 2.19. The summed E-state index contributed by atoms with van der Waals surface area (Å²) < 4.78 is 2.00. The minimum Gasteiger partial charge on any atom is -0.354 e. The number of hydrogen-bond acceptors (Lipinski definition) is 2. The number of fused-ring (bicyclic) bond motifs is 1. The monoisotopic (exact) mass is 235 g/mol. The van der Waals surface area contributed by atoms with Gasteiger partial charge in [0, 0.05) is 12.2 Å². The fraction of sp³-hybridized carbons (Fsp3) is 0.692. The van der Waals surface area contributed by atoms with Gasteiger partial charge in [-0.05, 0) is 31.6 Å². The lowest BCUT2D eigenvalue weighted by Crippen LogP contribution is -2.31. The van der Waals surface area contributed by atoms with Gasteiger partial charge in [0.1, 0.15) is 6.54 Å². The van der Waals surface area contributed by atoms with E-state index in [-0.39, 0.29) is 5.91 Å². The molecule has 0 saturated heterocycles. The number of imidazole rings is 1. The number of amides is 1. The van der Waals surface area contributed by atoms with E-state index in [0.29, 0.717) is 12.5 Å². The molecule has 0 fully saturated rings. The van der Waals surface area contributed by atoms with Crippen molar-refractivity contribution in [2.75, 3.05) is 6.54 Å². The van der Waals surface area contributed by atoms with E-state index in [9.17, 15) is 4.79 Å². The van der Waals surface area contributed by atoms with Gasteiger partial charge in [-0.15, -0.1) is 0 Å². The van der Waals surface area contributed by atoms with Crippen molar-refractivity contribution in [1.82, 2.24) is 14.9 Å². The van der Waals surface area contributed by atoms with Gasteiger partial charge in [0.05, 0.1) is 12.0 Å². The average molecular weight is 235 g/mol. The van der Waals surface area contributed by atoms with Crippen LogP contribution in [0.25, 0.3) is 0 Å². The first-order valence-corrected chi connectivity index (χ1v) is 6.46. The summed E-state index contributed by atoms with van der Waals surface area (Å²) in [6.45, 7) is 5.35. The van der Waals surface area contributed by atoms with Gasteiger partial charge in [0.15, 0.2) is 0 Å². The molecule has 4 heteroatoms. The van der Waals surface area contributed by atoms with Crippen LogP contribution >= 0.6 is 0 Å². The molecule has 2 rings (SSSR count). The normalized spacial score (nSPS) is 14.8. The molecule has 1 heterocycles. The predicted molar refractivity (Wildman–Crippen MR) is 66.7 cm³/mol. The molecule has 1 aromatic heterocycles. The van der Waals surface area contributed by atoms with Gasteiger partial charge in [-0.2, -0.15) is 0 Å². The molecule has 0 spiro atoms. The van der Waals surface area contributed by atoms with Gasteiger partial charge in [-0.3, -0.25) is 4.79 Å². The topological polar surface area (TPSA) is 46.9 Å². The molecule has 0 atom stereocenters. The first kappa shape index (κ1) is 12.1. The molecule has 0 bridgehead atoms. The first-order valence-electron chi connectivity index (χ1n) is 6.46. The third-order valence-electron chi connectivity index (χ3n) is 3.13. The van der Waals surface area contributed by atoms with E-state index >= 15 is 0 Å². The van der Waals surface area contributed by atoms with Crippen molar-refractivity contribution < 1.29 is 4.79 Å². The minimum atomic E-state index is 0.0875. The summed E-state index contributed by atoms with van der Waals surface area (Å²) in [5, 5.41) is 2.94. The Morgan fingerprint density at radius 3 is 3.00 bits per heavy atom. The Balaban J connectivity index is 1.94. The molecule has 1 N–H and O–H groups in total. The van der Waals surface area contributed by atoms with E-state index in [0.717, 1.165) is 19.4 Å². The Bertz CT molecular complexity index is 395. The highest BCUT2D eigenvalue weighted by atomic mass is 16.1. The Morgan fingerprint density at radius 1 is 1.47 bits per heavy atom. The van der Waals surface area contributed by atoms with Gasteiger partial charge in [-0.1, -0.05) is 13.8 Å². The van der Waals surface area contributed by atoms with Gasteiger partial charge in [0.2, 0.25) is 5.91 Å². The quantitative estimate of drug-likeness (QED) is 0.860. The van der Waals surface area contributed by atoms with E-state index in [1.54, 1.807) is 0 Å². The molecular weight excluding hydrogens is 214 g/mol. The van der Waals surface area contributed by atoms with Gasteiger partial charge < -0.3 is 9.88 Å². The zero-order chi connectivity index (χ0) is 12.3. The molecule has 0 saturated carbocycles. The van der Waals surface area contributed by atoms with Crippen molar-refractivity contribution in [3.63, 3.8) is 0 Å². The van der Waals surface area contributed by atoms with Crippen LogP contribution in [0.15, 0.2) is 6.33 Å². The van der Waals surface area contributed by atoms with Crippen molar-refractivity contribution in [2.24, 2.45) is 5.92 Å². The van der Waals surface area contributed by atoms with Crippen molar-refractivity contribution in [3.8, 4) is 0 Å². The van der Waals surface area contributed by atoms with E-state index < -0.39 is 0 Å². The molecule has 0 radical (unpaired) electrons. The second kappa shape index (κ2) is 5.34. The molecule has 1 aromatic rings. The van der Waals surface area contributed by atoms with E-state index in [2.05, 4.69) is 24.1 Å². The zero-order valence-electron chi connectivity index (χ0n) is 10.7. The lowest BCUT2D eigenvalue weighted by molar-refractivity contribution is -0.121. The molecule has 94 valence electrons. The zero-order valence-corrected chi connectivity index (χ0v) is 10.7. The molecule has 17 heavy (non-hydrogen) atoms. The van der Waals surface area contributed by atoms with Gasteiger partial charge in [0.25, 0.3) is 0 Å². The molecule has 0 unspecified atom stereocenters. The summed E-state index contributed by atoms with van der Waals surface area (Å²) in [5.74, 6) is 0.583. The van der Waals surface area contributed by atoms with Crippen molar-refractivity contribution in [3.05, 3.63) is 17.7 Å². The molecule has 0 aromatic carbocycles. The summed E-state index contributed by atoms with van der Waals surface area (Å²) in [6, 6.07) is 0. The number of nitrogens with zero attached hydrogens (tertiary/aromatic N) is 2. The van der Waals surface area contributed by atoms with Crippen LogP contribution in [0.3, 0.4) is 0 Å². The van der Waals surface area contributed by atoms with E-state index in [4.69, 9.17) is 0 Å². The average Bonchev–Trinajstić information content (AvgIpc) is 2.70. The maximum absolute atomic E-state index is 11.7. The van der Waals surface area contributed by atoms with Crippen LogP contribution in [0.2, 0.25) is 0 Å². The molecule has 1 amide bonds. The number of aryl methyl sites for hydroxylation is 1. The Morgan fingerprint density at radius 2 is 2.24 bits per heavy atom. The Labute approximate surface area is 102 Å². The fourth-order valence-electron chi connectivity index (χ4n) is 2.20. The third-order valence-corrected chi connectivity index (χ3v) is 3.13. The second-order valence-corrected chi connectivity index (χ2v) is 5.17. The number of carbonyl (C=O) groups excluding carboxylic acids is 1. The summed E-state index contributed by atoms with van der Waals surface area (Å²) >= 11 is 0. The Hall–Kier alpha value is -1.32. The molecule has 1 aliphatic rings. The van der Waals surface area contributed by atoms with Crippen LogP contribution in [-0.2, 0) is 24.2 Å². The van der Waals surface area contributed by atoms with Crippen LogP contribution in [0.4, 0.5) is 0 Å². The summed E-state index contributed by atoms with van der Waals surface area (Å²) in [7, 11) is 0. The number of aromatic nitrogens is 2. The lowest BCUT2D eigenvalue weighted by Gasteiger charge is -2.14. The van der Waals surface area contributed by atoms with Crippen LogP contribution in [0.5, 0.6) is 0 Å². The van der Waals surface area contributed by atoms with E-state index in [1.165, 1.54) is 24.2 Å². The van der Waals surface area contributed by atoms with Crippen molar-refractivity contribution >= 4 is 5.91 Å². The van der Waals surface area contributed by atoms with E-state index in [1.807, 2.05) is 10.9 Å².